The fraction of sp³-hybridized carbons (Fsp3) is 0.0526. The van der Waals surface area contributed by atoms with Crippen molar-refractivity contribution in [1.82, 2.24) is 0 Å². The van der Waals surface area contributed by atoms with E-state index in [1.165, 1.54) is 0 Å². The van der Waals surface area contributed by atoms with Gasteiger partial charge in [-0.2, -0.15) is 0 Å². The summed E-state index contributed by atoms with van der Waals surface area (Å²) in [5, 5.41) is 55.9. The highest BCUT2D eigenvalue weighted by atomic mass is 16.4. The van der Waals surface area contributed by atoms with E-state index in [0.717, 1.165) is 16.7 Å². The van der Waals surface area contributed by atoms with Crippen LogP contribution in [0.5, 0.6) is 0 Å². The van der Waals surface area contributed by atoms with Crippen molar-refractivity contribution in [3.8, 4) is 0 Å². The van der Waals surface area contributed by atoms with Crippen molar-refractivity contribution in [3.63, 3.8) is 0 Å². The summed E-state index contributed by atoms with van der Waals surface area (Å²) in [4.78, 5) is 0. The molecule has 0 aliphatic carbocycles. The Balaban J connectivity index is 2.04. The zero-order valence-corrected chi connectivity index (χ0v) is 14.9. The molecule has 9 heteroatoms. The number of hydrogen-bond donors (Lipinski definition) is 6. The topological polar surface area (TPSA) is 121 Å². The van der Waals surface area contributed by atoms with Gasteiger partial charge in [0.1, 0.15) is 0 Å². The second-order valence-corrected chi connectivity index (χ2v) is 6.55. The lowest BCUT2D eigenvalue weighted by Crippen LogP contribution is -2.30. The molecule has 6 N–H and O–H groups in total. The largest absolute Gasteiger partial charge is 0.488 e. The first kappa shape index (κ1) is 20.4. The Bertz CT molecular complexity index is 774. The SMILES string of the molecule is OB(O)c1ccc(C(c2ccc(B(O)O)cc2)c2ccc(B(O)O)cc2)cc1. The fourth-order valence-corrected chi connectivity index (χ4v) is 3.16. The van der Waals surface area contributed by atoms with Gasteiger partial charge in [0.25, 0.3) is 0 Å². The molecule has 3 rings (SSSR count). The van der Waals surface area contributed by atoms with E-state index in [1.54, 1.807) is 72.8 Å². The molecule has 6 nitrogen and oxygen atoms in total. The third-order valence-corrected chi connectivity index (χ3v) is 4.70. The summed E-state index contributed by atoms with van der Waals surface area (Å²) in [5.74, 6) is -0.223. The first-order chi connectivity index (χ1) is 13.4. The molecule has 140 valence electrons. The first-order valence-electron chi connectivity index (χ1n) is 8.75. The molecule has 0 aliphatic rings. The highest BCUT2D eigenvalue weighted by Gasteiger charge is 2.20. The fourth-order valence-electron chi connectivity index (χ4n) is 3.16. The summed E-state index contributed by atoms with van der Waals surface area (Å²) in [6.07, 6.45) is 0. The highest BCUT2D eigenvalue weighted by Crippen LogP contribution is 2.31. The van der Waals surface area contributed by atoms with E-state index in [2.05, 4.69) is 0 Å². The Morgan fingerprint density at radius 2 is 0.607 bits per heavy atom. The van der Waals surface area contributed by atoms with E-state index >= 15 is 0 Å². The zero-order valence-electron chi connectivity index (χ0n) is 14.9. The maximum Gasteiger partial charge on any atom is 0.488 e. The molecular formula is C19H19B3O6. The van der Waals surface area contributed by atoms with Gasteiger partial charge in [-0.05, 0) is 33.1 Å². The maximum absolute atomic E-state index is 9.31. The molecule has 0 bridgehead atoms. The van der Waals surface area contributed by atoms with Gasteiger partial charge in [0, 0.05) is 5.92 Å². The van der Waals surface area contributed by atoms with Crippen molar-refractivity contribution < 1.29 is 30.1 Å². The summed E-state index contributed by atoms with van der Waals surface area (Å²) in [5.41, 5.74) is 3.79. The Morgan fingerprint density at radius 1 is 0.393 bits per heavy atom. The molecule has 0 saturated carbocycles. The van der Waals surface area contributed by atoms with Crippen LogP contribution >= 0.6 is 0 Å². The van der Waals surface area contributed by atoms with E-state index < -0.39 is 21.4 Å². The van der Waals surface area contributed by atoms with Crippen molar-refractivity contribution in [2.24, 2.45) is 0 Å². The van der Waals surface area contributed by atoms with Gasteiger partial charge in [-0.25, -0.2) is 0 Å². The van der Waals surface area contributed by atoms with Crippen molar-refractivity contribution in [2.45, 2.75) is 5.92 Å². The molecule has 28 heavy (non-hydrogen) atoms. The third-order valence-electron chi connectivity index (χ3n) is 4.70. The second kappa shape index (κ2) is 8.75. The average molecular weight is 376 g/mol. The summed E-state index contributed by atoms with van der Waals surface area (Å²) < 4.78 is 0. The molecule has 0 aliphatic heterocycles. The van der Waals surface area contributed by atoms with Crippen LogP contribution in [-0.2, 0) is 0 Å². The number of hydrogen-bond acceptors (Lipinski definition) is 6. The van der Waals surface area contributed by atoms with Gasteiger partial charge >= 0.3 is 21.4 Å². The number of rotatable bonds is 6. The van der Waals surface area contributed by atoms with Crippen molar-refractivity contribution in [2.75, 3.05) is 0 Å². The van der Waals surface area contributed by atoms with Crippen LogP contribution in [0, 0.1) is 0 Å². The van der Waals surface area contributed by atoms with Gasteiger partial charge in [-0.3, -0.25) is 0 Å². The van der Waals surface area contributed by atoms with Crippen molar-refractivity contribution in [1.29, 1.82) is 0 Å². The van der Waals surface area contributed by atoms with Gasteiger partial charge in [0.2, 0.25) is 0 Å². The standard InChI is InChI=1S/C19H19B3O6/c23-20(24)16-7-1-13(2-8-16)19(14-3-9-17(10-4-14)21(25)26)15-5-11-18(12-6-15)22(27)28/h1-12,19,23-28H. The molecule has 0 radical (unpaired) electrons. The lowest BCUT2D eigenvalue weighted by Gasteiger charge is -2.20. The Kier molecular flexibility index (Phi) is 6.36. The molecule has 0 atom stereocenters. The van der Waals surface area contributed by atoms with E-state index in [-0.39, 0.29) is 5.92 Å². The van der Waals surface area contributed by atoms with Crippen molar-refractivity contribution >= 4 is 37.7 Å². The van der Waals surface area contributed by atoms with E-state index in [1.807, 2.05) is 0 Å². The van der Waals surface area contributed by atoms with Crippen LogP contribution in [0.15, 0.2) is 72.8 Å². The quantitative estimate of drug-likeness (QED) is 0.217. The van der Waals surface area contributed by atoms with Gasteiger partial charge < -0.3 is 30.1 Å². The molecule has 0 saturated heterocycles. The Morgan fingerprint density at radius 3 is 0.786 bits per heavy atom. The average Bonchev–Trinajstić information content (AvgIpc) is 2.69. The molecule has 0 unspecified atom stereocenters. The van der Waals surface area contributed by atoms with Crippen LogP contribution in [0.3, 0.4) is 0 Å². The summed E-state index contributed by atoms with van der Waals surface area (Å²) >= 11 is 0. The van der Waals surface area contributed by atoms with Crippen LogP contribution in [0.4, 0.5) is 0 Å². The maximum atomic E-state index is 9.31. The molecule has 0 fully saturated rings. The molecule has 3 aromatic carbocycles. The van der Waals surface area contributed by atoms with E-state index in [4.69, 9.17) is 0 Å². The third kappa shape index (κ3) is 4.53. The zero-order chi connectivity index (χ0) is 20.3. The van der Waals surface area contributed by atoms with Gasteiger partial charge in [-0.15, -0.1) is 0 Å². The minimum atomic E-state index is -1.55. The summed E-state index contributed by atoms with van der Waals surface area (Å²) in [6.45, 7) is 0. The summed E-state index contributed by atoms with van der Waals surface area (Å²) in [7, 11) is -4.66. The first-order valence-corrected chi connectivity index (χ1v) is 8.75. The monoisotopic (exact) mass is 376 g/mol. The summed E-state index contributed by atoms with van der Waals surface area (Å²) in [6, 6.07) is 20.5. The van der Waals surface area contributed by atoms with E-state index in [0.29, 0.717) is 16.4 Å². The molecule has 0 spiro atoms. The molecule has 0 amide bonds. The van der Waals surface area contributed by atoms with Crippen LogP contribution < -0.4 is 16.4 Å². The smallest absolute Gasteiger partial charge is 0.423 e. The van der Waals surface area contributed by atoms with Crippen LogP contribution in [0.2, 0.25) is 0 Å². The second-order valence-electron chi connectivity index (χ2n) is 6.55. The van der Waals surface area contributed by atoms with Crippen LogP contribution in [-0.4, -0.2) is 51.5 Å². The minimum absolute atomic E-state index is 0.223. The van der Waals surface area contributed by atoms with Gasteiger partial charge in [-0.1, -0.05) is 72.8 Å². The lowest BCUT2D eigenvalue weighted by atomic mass is 9.75. The predicted octanol–water partition coefficient (Wildman–Crippen LogP) is -2.09. The normalized spacial score (nSPS) is 10.8. The Hall–Kier alpha value is -2.39. The van der Waals surface area contributed by atoms with Crippen LogP contribution in [0.25, 0.3) is 0 Å². The molecule has 3 aromatic rings. The lowest BCUT2D eigenvalue weighted by molar-refractivity contribution is 0.424. The predicted molar refractivity (Wildman–Crippen MR) is 110 cm³/mol. The highest BCUT2D eigenvalue weighted by molar-refractivity contribution is 6.59. The van der Waals surface area contributed by atoms with Crippen molar-refractivity contribution in [3.05, 3.63) is 89.5 Å². The number of benzene rings is 3. The van der Waals surface area contributed by atoms with Gasteiger partial charge in [0.05, 0.1) is 0 Å². The molecule has 0 aromatic heterocycles. The van der Waals surface area contributed by atoms with Gasteiger partial charge in [0.15, 0.2) is 0 Å². The minimum Gasteiger partial charge on any atom is -0.423 e. The molecule has 0 heterocycles. The Labute approximate surface area is 163 Å². The van der Waals surface area contributed by atoms with E-state index in [9.17, 15) is 30.1 Å². The molecular weight excluding hydrogens is 357 g/mol. The van der Waals surface area contributed by atoms with Crippen LogP contribution in [0.1, 0.15) is 22.6 Å².